The van der Waals surface area contributed by atoms with Gasteiger partial charge in [-0.3, -0.25) is 19.1 Å². The molecule has 0 aliphatic carbocycles. The molecule has 15 heteroatoms. The molecule has 2 atom stereocenters. The van der Waals surface area contributed by atoms with Gasteiger partial charge < -0.3 is 21.3 Å². The number of hydrogen-bond donors (Lipinski definition) is 3. The molecular formula is C32H24ClF2N9O3. The first kappa shape index (κ1) is 31.1. The van der Waals surface area contributed by atoms with Gasteiger partial charge in [0.25, 0.3) is 5.91 Å². The van der Waals surface area contributed by atoms with E-state index in [2.05, 4.69) is 25.7 Å². The van der Waals surface area contributed by atoms with Gasteiger partial charge in [-0.25, -0.2) is 18.7 Å². The molecule has 6 rings (SSSR count). The van der Waals surface area contributed by atoms with E-state index in [1.807, 2.05) is 6.07 Å². The molecule has 1 aliphatic heterocycles. The fourth-order valence-corrected chi connectivity index (χ4v) is 5.64. The van der Waals surface area contributed by atoms with Crippen LogP contribution in [0.25, 0.3) is 22.0 Å². The van der Waals surface area contributed by atoms with Gasteiger partial charge in [0.1, 0.15) is 24.8 Å². The number of benzene rings is 3. The molecule has 3 heterocycles. The molecule has 47 heavy (non-hydrogen) atoms. The maximum Gasteiger partial charge on any atom is 0.269 e. The molecule has 1 fully saturated rings. The number of hydrogen-bond acceptors (Lipinski definition) is 8. The smallest absolute Gasteiger partial charge is 0.269 e. The number of nitrogens with one attached hydrogen (secondary N) is 2. The van der Waals surface area contributed by atoms with Crippen LogP contribution in [-0.2, 0) is 16.1 Å². The number of fused-ring (bicyclic) bond motifs is 1. The summed E-state index contributed by atoms with van der Waals surface area (Å²) < 4.78 is 31.4. The first-order valence-electron chi connectivity index (χ1n) is 14.2. The second-order valence-corrected chi connectivity index (χ2v) is 11.1. The van der Waals surface area contributed by atoms with Crippen LogP contribution in [0.1, 0.15) is 22.5 Å². The minimum absolute atomic E-state index is 0.120. The number of nitrogens with two attached hydrogens (primary N) is 1. The van der Waals surface area contributed by atoms with Crippen molar-refractivity contribution in [1.82, 2.24) is 24.6 Å². The number of carbonyl (C=O) groups excluding carboxylic acids is 3. The van der Waals surface area contributed by atoms with Crippen LogP contribution in [0.3, 0.4) is 0 Å². The third-order valence-corrected chi connectivity index (χ3v) is 7.93. The average molecular weight is 656 g/mol. The molecule has 1 aliphatic rings. The van der Waals surface area contributed by atoms with Crippen molar-refractivity contribution in [2.75, 3.05) is 17.2 Å². The number of rotatable bonds is 8. The van der Waals surface area contributed by atoms with E-state index in [4.69, 9.17) is 22.6 Å². The Kier molecular flexibility index (Phi) is 8.47. The summed E-state index contributed by atoms with van der Waals surface area (Å²) in [6.45, 7) is -0.804. The van der Waals surface area contributed by atoms with Crippen molar-refractivity contribution in [1.29, 1.82) is 5.26 Å². The van der Waals surface area contributed by atoms with Crippen LogP contribution in [0.15, 0.2) is 73.1 Å². The van der Waals surface area contributed by atoms with Crippen LogP contribution >= 0.6 is 11.6 Å². The average Bonchev–Trinajstić information content (AvgIpc) is 3.63. The topological polar surface area (TPSA) is 172 Å². The standard InChI is InChI=1S/C32H24ClF2N9O3/c33-23-6-2-1-4-20(23)21-5-3-7-24(28(21)35)41-31(47)26-10-18(34)15-43(26)27(45)16-44-25-9-8-19(11-22(25)29(42-44)30(37)46)40-32-38-13-17(12-36)14-39-32/h1-9,11,13-14,18,26H,10,15-16H2,(H2,37,46)(H,41,47)(H,38,39,40)/t18-,26+/m1/s1. The van der Waals surface area contributed by atoms with Crippen molar-refractivity contribution in [3.63, 3.8) is 0 Å². The fraction of sp³-hybridized carbons (Fsp3) is 0.156. The van der Waals surface area contributed by atoms with E-state index in [0.717, 1.165) is 4.90 Å². The predicted octanol–water partition coefficient (Wildman–Crippen LogP) is 4.58. The SMILES string of the molecule is N#Cc1cnc(Nc2ccc3c(c2)c(C(N)=O)nn3CC(=O)N2C[C@H](F)C[C@H]2C(=O)Nc2cccc(-c3ccccc3Cl)c2F)nc1. The molecule has 3 amide bonds. The van der Waals surface area contributed by atoms with E-state index < -0.39 is 42.3 Å². The first-order valence-corrected chi connectivity index (χ1v) is 14.6. The van der Waals surface area contributed by atoms with E-state index in [9.17, 15) is 18.8 Å². The van der Waals surface area contributed by atoms with E-state index in [0.29, 0.717) is 27.2 Å². The molecular weight excluding hydrogens is 632 g/mol. The third-order valence-electron chi connectivity index (χ3n) is 7.60. The van der Waals surface area contributed by atoms with Crippen molar-refractivity contribution in [2.45, 2.75) is 25.2 Å². The lowest BCUT2D eigenvalue weighted by Gasteiger charge is -2.24. The summed E-state index contributed by atoms with van der Waals surface area (Å²) >= 11 is 6.24. The van der Waals surface area contributed by atoms with E-state index in [-0.39, 0.29) is 41.4 Å². The lowest BCUT2D eigenvalue weighted by Crippen LogP contribution is -2.44. The molecule has 12 nitrogen and oxygen atoms in total. The number of amides is 3. The van der Waals surface area contributed by atoms with Crippen LogP contribution < -0.4 is 16.4 Å². The largest absolute Gasteiger partial charge is 0.364 e. The molecule has 5 aromatic rings. The van der Waals surface area contributed by atoms with Gasteiger partial charge >= 0.3 is 0 Å². The summed E-state index contributed by atoms with van der Waals surface area (Å²) in [5.41, 5.74) is 7.01. The number of aromatic nitrogens is 4. The van der Waals surface area contributed by atoms with Gasteiger partial charge in [0.15, 0.2) is 11.5 Å². The summed E-state index contributed by atoms with van der Waals surface area (Å²) in [7, 11) is 0. The number of anilines is 3. The Morgan fingerprint density at radius 1 is 1.06 bits per heavy atom. The van der Waals surface area contributed by atoms with Crippen LogP contribution in [0.5, 0.6) is 0 Å². The number of primary amides is 1. The molecule has 0 bridgehead atoms. The lowest BCUT2D eigenvalue weighted by molar-refractivity contribution is -0.137. The van der Waals surface area contributed by atoms with Crippen LogP contribution in [-0.4, -0.2) is 61.1 Å². The second kappa shape index (κ2) is 12.8. The first-order chi connectivity index (χ1) is 22.6. The molecule has 3 aromatic carbocycles. The van der Waals surface area contributed by atoms with Gasteiger partial charge in [0.2, 0.25) is 17.8 Å². The molecule has 1 saturated heterocycles. The number of halogens is 3. The van der Waals surface area contributed by atoms with Gasteiger partial charge in [0, 0.05) is 33.6 Å². The van der Waals surface area contributed by atoms with Crippen molar-refractivity contribution in [3.8, 4) is 17.2 Å². The van der Waals surface area contributed by atoms with Gasteiger partial charge in [-0.15, -0.1) is 0 Å². The van der Waals surface area contributed by atoms with Gasteiger partial charge in [-0.1, -0.05) is 41.9 Å². The van der Waals surface area contributed by atoms with Crippen molar-refractivity contribution in [2.24, 2.45) is 5.73 Å². The molecule has 0 radical (unpaired) electrons. The number of carbonyl (C=O) groups is 3. The van der Waals surface area contributed by atoms with Crippen LogP contribution in [0.4, 0.5) is 26.1 Å². The Morgan fingerprint density at radius 3 is 2.53 bits per heavy atom. The normalized spacial score (nSPS) is 15.7. The Labute approximate surface area is 270 Å². The molecule has 236 valence electrons. The molecule has 2 aromatic heterocycles. The zero-order valence-corrected chi connectivity index (χ0v) is 25.1. The third kappa shape index (κ3) is 6.29. The lowest BCUT2D eigenvalue weighted by atomic mass is 10.0. The zero-order chi connectivity index (χ0) is 33.2. The maximum atomic E-state index is 15.5. The molecule has 0 spiro atoms. The second-order valence-electron chi connectivity index (χ2n) is 10.7. The summed E-state index contributed by atoms with van der Waals surface area (Å²) in [5, 5.41) is 19.3. The zero-order valence-electron chi connectivity index (χ0n) is 24.3. The number of likely N-dealkylation sites (tertiary alicyclic amines) is 1. The minimum Gasteiger partial charge on any atom is -0.364 e. The van der Waals surface area contributed by atoms with Crippen LogP contribution in [0.2, 0.25) is 5.02 Å². The van der Waals surface area contributed by atoms with Gasteiger partial charge in [0.05, 0.1) is 35.7 Å². The van der Waals surface area contributed by atoms with E-state index in [1.165, 1.54) is 29.2 Å². The highest BCUT2D eigenvalue weighted by molar-refractivity contribution is 6.33. The Bertz CT molecular complexity index is 2080. The number of alkyl halides is 1. The highest BCUT2D eigenvalue weighted by Gasteiger charge is 2.40. The molecule has 0 saturated carbocycles. The maximum absolute atomic E-state index is 15.5. The van der Waals surface area contributed by atoms with Gasteiger partial charge in [-0.2, -0.15) is 10.4 Å². The highest BCUT2D eigenvalue weighted by Crippen LogP contribution is 2.33. The molecule has 0 unspecified atom stereocenters. The Balaban J connectivity index is 1.22. The number of nitriles is 1. The van der Waals surface area contributed by atoms with E-state index in [1.54, 1.807) is 48.5 Å². The summed E-state index contributed by atoms with van der Waals surface area (Å²) in [5.74, 6) is -2.80. The van der Waals surface area contributed by atoms with Crippen LogP contribution in [0, 0.1) is 17.1 Å². The fourth-order valence-electron chi connectivity index (χ4n) is 5.40. The highest BCUT2D eigenvalue weighted by atomic mass is 35.5. The van der Waals surface area contributed by atoms with Crippen molar-refractivity contribution >= 4 is 57.5 Å². The van der Waals surface area contributed by atoms with Crippen molar-refractivity contribution < 1.29 is 23.2 Å². The summed E-state index contributed by atoms with van der Waals surface area (Å²) in [6, 6.07) is 16.6. The summed E-state index contributed by atoms with van der Waals surface area (Å²) in [4.78, 5) is 48.3. The van der Waals surface area contributed by atoms with E-state index >= 15 is 4.39 Å². The Morgan fingerprint density at radius 2 is 1.81 bits per heavy atom. The van der Waals surface area contributed by atoms with Crippen molar-refractivity contribution in [3.05, 3.63) is 95.2 Å². The predicted molar refractivity (Wildman–Crippen MR) is 169 cm³/mol. The molecule has 4 N–H and O–H groups in total. The number of nitrogens with zero attached hydrogens (tertiary/aromatic N) is 6. The monoisotopic (exact) mass is 655 g/mol. The summed E-state index contributed by atoms with van der Waals surface area (Å²) in [6.07, 6.45) is 0.897. The Hall–Kier alpha value is -5.94. The van der Waals surface area contributed by atoms with Gasteiger partial charge in [-0.05, 0) is 30.3 Å². The quantitative estimate of drug-likeness (QED) is 0.218. The minimum atomic E-state index is -1.50.